The first kappa shape index (κ1) is 15.7. The lowest BCUT2D eigenvalue weighted by Crippen LogP contribution is -2.35. The second kappa shape index (κ2) is 6.91. The summed E-state index contributed by atoms with van der Waals surface area (Å²) in [5, 5.41) is 12.7. The Balaban J connectivity index is 1.60. The average molecular weight is 330 g/mol. The normalized spacial score (nSPS) is 13.7. The summed E-state index contributed by atoms with van der Waals surface area (Å²) in [5.74, 6) is 0.109. The van der Waals surface area contributed by atoms with E-state index < -0.39 is 4.92 Å². The molecule has 23 heavy (non-hydrogen) atoms. The van der Waals surface area contributed by atoms with Gasteiger partial charge >= 0.3 is 0 Å². The molecular weight excluding hydrogens is 312 g/mol. The van der Waals surface area contributed by atoms with E-state index in [0.29, 0.717) is 12.5 Å². The van der Waals surface area contributed by atoms with E-state index in [1.807, 2.05) is 11.0 Å². The van der Waals surface area contributed by atoms with Crippen molar-refractivity contribution in [3.05, 3.63) is 62.3 Å². The third kappa shape index (κ3) is 4.16. The zero-order chi connectivity index (χ0) is 16.2. The fourth-order valence-corrected chi connectivity index (χ4v) is 3.29. The van der Waals surface area contributed by atoms with Gasteiger partial charge in [-0.3, -0.25) is 14.9 Å². The summed E-state index contributed by atoms with van der Waals surface area (Å²) in [6.07, 6.45) is 3.35. The summed E-state index contributed by atoms with van der Waals surface area (Å²) in [6, 6.07) is 10.7. The molecule has 2 aromatic rings. The SMILES string of the molecule is O=C(Cc1ccc([N+](=O)[O-])cc1)N(CCc1cccs1)C1CC1. The number of nitro groups is 1. The van der Waals surface area contributed by atoms with Crippen LogP contribution in [0.2, 0.25) is 0 Å². The van der Waals surface area contributed by atoms with E-state index in [1.54, 1.807) is 23.5 Å². The maximum absolute atomic E-state index is 12.6. The monoisotopic (exact) mass is 330 g/mol. The molecule has 0 atom stereocenters. The van der Waals surface area contributed by atoms with Crippen molar-refractivity contribution in [3.8, 4) is 0 Å². The highest BCUT2D eigenvalue weighted by Gasteiger charge is 2.32. The van der Waals surface area contributed by atoms with Crippen LogP contribution >= 0.6 is 11.3 Å². The molecule has 0 saturated heterocycles. The molecule has 1 aliphatic rings. The molecule has 1 aromatic carbocycles. The van der Waals surface area contributed by atoms with Crippen molar-refractivity contribution in [2.24, 2.45) is 0 Å². The highest BCUT2D eigenvalue weighted by Crippen LogP contribution is 2.28. The summed E-state index contributed by atoms with van der Waals surface area (Å²) in [4.78, 5) is 26.1. The van der Waals surface area contributed by atoms with Gasteiger partial charge in [-0.1, -0.05) is 18.2 Å². The molecule has 1 saturated carbocycles. The summed E-state index contributed by atoms with van der Waals surface area (Å²) in [7, 11) is 0. The maximum Gasteiger partial charge on any atom is 0.269 e. The number of thiophene rings is 1. The fraction of sp³-hybridized carbons (Fsp3) is 0.353. The van der Waals surface area contributed by atoms with Crippen LogP contribution in [0.3, 0.4) is 0 Å². The van der Waals surface area contributed by atoms with Crippen LogP contribution in [0, 0.1) is 10.1 Å². The van der Waals surface area contributed by atoms with Gasteiger partial charge in [0.1, 0.15) is 0 Å². The van der Waals surface area contributed by atoms with Crippen LogP contribution in [-0.4, -0.2) is 28.3 Å². The van der Waals surface area contributed by atoms with Gasteiger partial charge in [0.2, 0.25) is 5.91 Å². The number of carbonyl (C=O) groups excluding carboxylic acids is 1. The molecule has 3 rings (SSSR count). The highest BCUT2D eigenvalue weighted by atomic mass is 32.1. The molecule has 1 heterocycles. The number of nitro benzene ring substituents is 1. The van der Waals surface area contributed by atoms with Gasteiger partial charge < -0.3 is 4.90 Å². The Bertz CT molecular complexity index is 678. The first-order valence-electron chi connectivity index (χ1n) is 7.68. The lowest BCUT2D eigenvalue weighted by atomic mass is 10.1. The molecule has 1 fully saturated rings. The molecule has 5 nitrogen and oxygen atoms in total. The van der Waals surface area contributed by atoms with Crippen LogP contribution in [0.15, 0.2) is 41.8 Å². The Morgan fingerprint density at radius 1 is 1.26 bits per heavy atom. The van der Waals surface area contributed by atoms with Crippen molar-refractivity contribution in [2.75, 3.05) is 6.54 Å². The number of amides is 1. The van der Waals surface area contributed by atoms with E-state index in [9.17, 15) is 14.9 Å². The predicted octanol–water partition coefficient (Wildman–Crippen LogP) is 3.43. The number of rotatable bonds is 7. The Kier molecular flexibility index (Phi) is 4.71. The molecule has 0 radical (unpaired) electrons. The summed E-state index contributed by atoms with van der Waals surface area (Å²) in [5.41, 5.74) is 0.875. The first-order valence-corrected chi connectivity index (χ1v) is 8.56. The number of hydrogen-bond donors (Lipinski definition) is 0. The van der Waals surface area contributed by atoms with Gasteiger partial charge in [-0.15, -0.1) is 11.3 Å². The Morgan fingerprint density at radius 3 is 2.57 bits per heavy atom. The second-order valence-electron chi connectivity index (χ2n) is 5.75. The van der Waals surface area contributed by atoms with Crippen LogP contribution < -0.4 is 0 Å². The largest absolute Gasteiger partial charge is 0.339 e. The van der Waals surface area contributed by atoms with Crippen molar-refractivity contribution in [1.29, 1.82) is 0 Å². The second-order valence-corrected chi connectivity index (χ2v) is 6.78. The molecule has 0 aliphatic heterocycles. The van der Waals surface area contributed by atoms with Crippen molar-refractivity contribution < 1.29 is 9.72 Å². The minimum Gasteiger partial charge on any atom is -0.339 e. The van der Waals surface area contributed by atoms with Crippen LogP contribution in [0.4, 0.5) is 5.69 Å². The Morgan fingerprint density at radius 2 is 2.00 bits per heavy atom. The first-order chi connectivity index (χ1) is 11.1. The van der Waals surface area contributed by atoms with Crippen molar-refractivity contribution in [1.82, 2.24) is 4.90 Å². The van der Waals surface area contributed by atoms with E-state index in [-0.39, 0.29) is 11.6 Å². The molecule has 0 unspecified atom stereocenters. The zero-order valence-electron chi connectivity index (χ0n) is 12.7. The molecule has 0 N–H and O–H groups in total. The Hall–Kier alpha value is -2.21. The Labute approximate surface area is 138 Å². The zero-order valence-corrected chi connectivity index (χ0v) is 13.5. The number of carbonyl (C=O) groups is 1. The van der Waals surface area contributed by atoms with E-state index in [0.717, 1.165) is 31.4 Å². The minimum atomic E-state index is -0.427. The quantitative estimate of drug-likeness (QED) is 0.577. The third-order valence-corrected chi connectivity index (χ3v) is 4.93. The maximum atomic E-state index is 12.6. The standard InChI is InChI=1S/C17H18N2O3S/c20-17(12-13-3-5-15(6-4-13)19(21)22)18(14-7-8-14)10-9-16-2-1-11-23-16/h1-6,11,14H,7-10,12H2. The highest BCUT2D eigenvalue weighted by molar-refractivity contribution is 7.09. The number of benzene rings is 1. The summed E-state index contributed by atoms with van der Waals surface area (Å²) < 4.78 is 0. The average Bonchev–Trinajstić information content (AvgIpc) is 3.23. The predicted molar refractivity (Wildman–Crippen MR) is 89.6 cm³/mol. The lowest BCUT2D eigenvalue weighted by Gasteiger charge is -2.22. The smallest absolute Gasteiger partial charge is 0.269 e. The van der Waals surface area contributed by atoms with Crippen molar-refractivity contribution >= 4 is 22.9 Å². The summed E-state index contributed by atoms with van der Waals surface area (Å²) >= 11 is 1.72. The molecule has 6 heteroatoms. The van der Waals surface area contributed by atoms with E-state index in [2.05, 4.69) is 11.4 Å². The van der Waals surface area contributed by atoms with Gasteiger partial charge in [0.05, 0.1) is 11.3 Å². The van der Waals surface area contributed by atoms with Crippen LogP contribution in [0.25, 0.3) is 0 Å². The molecule has 0 spiro atoms. The molecular formula is C17H18N2O3S. The molecule has 1 aromatic heterocycles. The van der Waals surface area contributed by atoms with Gasteiger partial charge in [0.25, 0.3) is 5.69 Å². The van der Waals surface area contributed by atoms with Crippen LogP contribution in [-0.2, 0) is 17.6 Å². The van der Waals surface area contributed by atoms with Crippen LogP contribution in [0.1, 0.15) is 23.3 Å². The molecule has 0 bridgehead atoms. The topological polar surface area (TPSA) is 63.4 Å². The van der Waals surface area contributed by atoms with Crippen molar-refractivity contribution in [3.63, 3.8) is 0 Å². The number of nitrogens with zero attached hydrogens (tertiary/aromatic N) is 2. The van der Waals surface area contributed by atoms with Gasteiger partial charge in [0.15, 0.2) is 0 Å². The van der Waals surface area contributed by atoms with E-state index >= 15 is 0 Å². The number of non-ortho nitro benzene ring substituents is 1. The molecule has 1 amide bonds. The van der Waals surface area contributed by atoms with E-state index in [4.69, 9.17) is 0 Å². The lowest BCUT2D eigenvalue weighted by molar-refractivity contribution is -0.384. The molecule has 120 valence electrons. The van der Waals surface area contributed by atoms with Crippen molar-refractivity contribution in [2.45, 2.75) is 31.7 Å². The molecule has 1 aliphatic carbocycles. The van der Waals surface area contributed by atoms with Gasteiger partial charge in [0, 0.05) is 29.6 Å². The van der Waals surface area contributed by atoms with Gasteiger partial charge in [-0.05, 0) is 36.3 Å². The van der Waals surface area contributed by atoms with Crippen LogP contribution in [0.5, 0.6) is 0 Å². The van der Waals surface area contributed by atoms with Gasteiger partial charge in [-0.25, -0.2) is 0 Å². The fourth-order valence-electron chi connectivity index (χ4n) is 2.59. The third-order valence-electron chi connectivity index (χ3n) is 3.99. The summed E-state index contributed by atoms with van der Waals surface area (Å²) in [6.45, 7) is 0.747. The van der Waals surface area contributed by atoms with E-state index in [1.165, 1.54) is 17.0 Å². The van der Waals surface area contributed by atoms with Gasteiger partial charge in [-0.2, -0.15) is 0 Å². The number of hydrogen-bond acceptors (Lipinski definition) is 4. The minimum absolute atomic E-state index is 0.0537.